The van der Waals surface area contributed by atoms with Gasteiger partial charge in [0.15, 0.2) is 0 Å². The van der Waals surface area contributed by atoms with Crippen LogP contribution in [-0.2, 0) is 4.79 Å². The third-order valence-corrected chi connectivity index (χ3v) is 3.41. The average molecular weight is 257 g/mol. The molecule has 0 aromatic heterocycles. The van der Waals surface area contributed by atoms with Crippen LogP contribution in [0.4, 0.5) is 5.69 Å². The number of hydrogen-bond donors (Lipinski definition) is 2. The number of nitrogens with one attached hydrogen (secondary N) is 1. The van der Waals surface area contributed by atoms with Crippen molar-refractivity contribution in [2.45, 2.75) is 32.1 Å². The van der Waals surface area contributed by atoms with E-state index < -0.39 is 0 Å². The SMILES string of the molecule is O=C(CC1CCCC1)Nc1cccc(C#CCO)c1. The maximum Gasteiger partial charge on any atom is 0.224 e. The molecule has 0 saturated heterocycles. The fourth-order valence-electron chi connectivity index (χ4n) is 2.50. The van der Waals surface area contributed by atoms with Gasteiger partial charge in [-0.3, -0.25) is 4.79 Å². The molecule has 3 nitrogen and oxygen atoms in total. The van der Waals surface area contributed by atoms with Crippen LogP contribution in [0.15, 0.2) is 24.3 Å². The van der Waals surface area contributed by atoms with Gasteiger partial charge in [0.25, 0.3) is 0 Å². The van der Waals surface area contributed by atoms with E-state index in [2.05, 4.69) is 17.2 Å². The molecule has 19 heavy (non-hydrogen) atoms. The summed E-state index contributed by atoms with van der Waals surface area (Å²) in [5.41, 5.74) is 1.57. The van der Waals surface area contributed by atoms with Crippen LogP contribution in [0.2, 0.25) is 0 Å². The molecular formula is C16H19NO2. The highest BCUT2D eigenvalue weighted by Gasteiger charge is 2.18. The molecule has 1 amide bonds. The molecule has 100 valence electrons. The topological polar surface area (TPSA) is 49.3 Å². The van der Waals surface area contributed by atoms with Crippen molar-refractivity contribution in [1.29, 1.82) is 0 Å². The van der Waals surface area contributed by atoms with Gasteiger partial charge in [-0.25, -0.2) is 0 Å². The lowest BCUT2D eigenvalue weighted by Gasteiger charge is -2.09. The fraction of sp³-hybridized carbons (Fsp3) is 0.438. The zero-order valence-electron chi connectivity index (χ0n) is 11.0. The van der Waals surface area contributed by atoms with Crippen LogP contribution in [-0.4, -0.2) is 17.6 Å². The van der Waals surface area contributed by atoms with Crippen LogP contribution in [0.5, 0.6) is 0 Å². The molecule has 0 atom stereocenters. The van der Waals surface area contributed by atoms with Crippen molar-refractivity contribution in [3.8, 4) is 11.8 Å². The zero-order chi connectivity index (χ0) is 13.5. The van der Waals surface area contributed by atoms with Crippen molar-refractivity contribution >= 4 is 11.6 Å². The molecular weight excluding hydrogens is 238 g/mol. The monoisotopic (exact) mass is 257 g/mol. The Morgan fingerprint density at radius 1 is 1.37 bits per heavy atom. The summed E-state index contributed by atoms with van der Waals surface area (Å²) in [6.07, 6.45) is 5.48. The minimum absolute atomic E-state index is 0.0826. The Morgan fingerprint density at radius 2 is 2.16 bits per heavy atom. The van der Waals surface area contributed by atoms with E-state index in [4.69, 9.17) is 5.11 Å². The highest BCUT2D eigenvalue weighted by Crippen LogP contribution is 2.27. The van der Waals surface area contributed by atoms with E-state index in [0.717, 1.165) is 11.3 Å². The predicted octanol–water partition coefficient (Wildman–Crippen LogP) is 2.55. The molecule has 0 heterocycles. The molecule has 0 bridgehead atoms. The molecule has 1 aliphatic carbocycles. The van der Waals surface area contributed by atoms with Gasteiger partial charge >= 0.3 is 0 Å². The smallest absolute Gasteiger partial charge is 0.224 e. The Balaban J connectivity index is 1.92. The van der Waals surface area contributed by atoms with E-state index in [1.165, 1.54) is 25.7 Å². The molecule has 0 unspecified atom stereocenters. The molecule has 0 aliphatic heterocycles. The van der Waals surface area contributed by atoms with Gasteiger partial charge in [0.2, 0.25) is 5.91 Å². The molecule has 1 fully saturated rings. The Kier molecular flexibility index (Phi) is 5.00. The van der Waals surface area contributed by atoms with Gasteiger partial charge in [-0.05, 0) is 37.0 Å². The van der Waals surface area contributed by atoms with Crippen molar-refractivity contribution in [1.82, 2.24) is 0 Å². The first-order chi connectivity index (χ1) is 9.28. The molecule has 1 aromatic rings. The number of amides is 1. The second-order valence-corrected chi connectivity index (χ2v) is 4.94. The Hall–Kier alpha value is -1.79. The molecule has 1 aromatic carbocycles. The number of rotatable bonds is 3. The zero-order valence-corrected chi connectivity index (χ0v) is 11.0. The van der Waals surface area contributed by atoms with Crippen LogP contribution in [0.25, 0.3) is 0 Å². The summed E-state index contributed by atoms with van der Waals surface area (Å²) in [7, 11) is 0. The molecule has 1 aliphatic rings. The molecule has 2 rings (SSSR count). The normalized spacial score (nSPS) is 14.8. The van der Waals surface area contributed by atoms with Crippen molar-refractivity contribution in [3.63, 3.8) is 0 Å². The third kappa shape index (κ3) is 4.42. The fourth-order valence-corrected chi connectivity index (χ4v) is 2.50. The van der Waals surface area contributed by atoms with E-state index in [0.29, 0.717) is 12.3 Å². The Labute approximate surface area is 114 Å². The Morgan fingerprint density at radius 3 is 2.89 bits per heavy atom. The highest BCUT2D eigenvalue weighted by molar-refractivity contribution is 5.91. The van der Waals surface area contributed by atoms with Gasteiger partial charge < -0.3 is 10.4 Å². The highest BCUT2D eigenvalue weighted by atomic mass is 16.2. The molecule has 2 N–H and O–H groups in total. The summed E-state index contributed by atoms with van der Waals surface area (Å²) < 4.78 is 0. The van der Waals surface area contributed by atoms with Gasteiger partial charge in [-0.2, -0.15) is 0 Å². The number of aliphatic hydroxyl groups excluding tert-OH is 1. The van der Waals surface area contributed by atoms with Crippen LogP contribution >= 0.6 is 0 Å². The maximum atomic E-state index is 11.9. The van der Waals surface area contributed by atoms with E-state index in [9.17, 15) is 4.79 Å². The summed E-state index contributed by atoms with van der Waals surface area (Å²) in [4.78, 5) is 11.9. The van der Waals surface area contributed by atoms with Crippen molar-refractivity contribution in [2.75, 3.05) is 11.9 Å². The molecule has 3 heteroatoms. The summed E-state index contributed by atoms with van der Waals surface area (Å²) in [5.74, 6) is 6.06. The van der Waals surface area contributed by atoms with Crippen LogP contribution < -0.4 is 5.32 Å². The lowest BCUT2D eigenvalue weighted by molar-refractivity contribution is -0.117. The maximum absolute atomic E-state index is 11.9. The standard InChI is InChI=1S/C16H19NO2/c18-10-4-8-13-7-3-9-15(11-13)17-16(19)12-14-5-1-2-6-14/h3,7,9,11,14,18H,1-2,5-6,10,12H2,(H,17,19). The first kappa shape index (κ1) is 13.6. The van der Waals surface area contributed by atoms with Crippen LogP contribution in [0, 0.1) is 17.8 Å². The summed E-state index contributed by atoms with van der Waals surface area (Å²) >= 11 is 0. The quantitative estimate of drug-likeness (QED) is 0.818. The van der Waals surface area contributed by atoms with Gasteiger partial charge in [-0.1, -0.05) is 30.7 Å². The summed E-state index contributed by atoms with van der Waals surface area (Å²) in [5, 5.41) is 11.6. The first-order valence-corrected chi connectivity index (χ1v) is 6.77. The Bertz CT molecular complexity index is 493. The molecule has 0 radical (unpaired) electrons. The molecule has 0 spiro atoms. The van der Waals surface area contributed by atoms with E-state index >= 15 is 0 Å². The lowest BCUT2D eigenvalue weighted by atomic mass is 10.0. The first-order valence-electron chi connectivity index (χ1n) is 6.77. The number of anilines is 1. The minimum atomic E-state index is -0.154. The van der Waals surface area contributed by atoms with Crippen LogP contribution in [0.1, 0.15) is 37.7 Å². The van der Waals surface area contributed by atoms with Crippen molar-refractivity contribution in [3.05, 3.63) is 29.8 Å². The summed E-state index contributed by atoms with van der Waals surface area (Å²) in [6, 6.07) is 7.40. The van der Waals surface area contributed by atoms with Crippen molar-refractivity contribution < 1.29 is 9.90 Å². The largest absolute Gasteiger partial charge is 0.384 e. The number of hydrogen-bond acceptors (Lipinski definition) is 2. The second-order valence-electron chi connectivity index (χ2n) is 4.94. The van der Waals surface area contributed by atoms with E-state index in [1.807, 2.05) is 24.3 Å². The number of carbonyl (C=O) groups is 1. The lowest BCUT2D eigenvalue weighted by Crippen LogP contribution is -2.15. The average Bonchev–Trinajstić information content (AvgIpc) is 2.89. The number of aliphatic hydroxyl groups is 1. The van der Waals surface area contributed by atoms with E-state index in [1.54, 1.807) is 0 Å². The van der Waals surface area contributed by atoms with Gasteiger partial charge in [0.05, 0.1) is 0 Å². The van der Waals surface area contributed by atoms with E-state index in [-0.39, 0.29) is 12.5 Å². The predicted molar refractivity (Wildman–Crippen MR) is 75.6 cm³/mol. The number of benzene rings is 1. The van der Waals surface area contributed by atoms with Gasteiger partial charge in [0.1, 0.15) is 6.61 Å². The molecule has 1 saturated carbocycles. The minimum Gasteiger partial charge on any atom is -0.384 e. The van der Waals surface area contributed by atoms with Gasteiger partial charge in [-0.15, -0.1) is 0 Å². The number of carbonyl (C=O) groups excluding carboxylic acids is 1. The van der Waals surface area contributed by atoms with Crippen molar-refractivity contribution in [2.24, 2.45) is 5.92 Å². The summed E-state index contributed by atoms with van der Waals surface area (Å²) in [6.45, 7) is -0.154. The van der Waals surface area contributed by atoms with Gasteiger partial charge in [0, 0.05) is 17.7 Å². The third-order valence-electron chi connectivity index (χ3n) is 3.41. The van der Waals surface area contributed by atoms with Crippen LogP contribution in [0.3, 0.4) is 0 Å². The second kappa shape index (κ2) is 6.96.